The van der Waals surface area contributed by atoms with Crippen molar-refractivity contribution in [1.82, 2.24) is 4.90 Å². The predicted molar refractivity (Wildman–Crippen MR) is 61.3 cm³/mol. The Bertz CT molecular complexity index is 122. The average Bonchev–Trinajstić information content (AvgIpc) is 2.15. The zero-order valence-electron chi connectivity index (χ0n) is 8.67. The quantitative estimate of drug-likeness (QED) is 0.686. The van der Waals surface area contributed by atoms with Crippen LogP contribution in [0.25, 0.3) is 0 Å². The molecule has 0 aromatic rings. The van der Waals surface area contributed by atoms with Gasteiger partial charge in [0.15, 0.2) is 0 Å². The highest BCUT2D eigenvalue weighted by Gasteiger charge is 2.14. The molecule has 3 heteroatoms. The monoisotopic (exact) mass is 202 g/mol. The summed E-state index contributed by atoms with van der Waals surface area (Å²) >= 11 is 2.05. The van der Waals surface area contributed by atoms with Gasteiger partial charge in [0, 0.05) is 6.04 Å². The summed E-state index contributed by atoms with van der Waals surface area (Å²) in [5.74, 6) is 2.57. The van der Waals surface area contributed by atoms with Gasteiger partial charge in [-0.1, -0.05) is 6.92 Å². The molecule has 0 aliphatic carbocycles. The first-order valence-electron chi connectivity index (χ1n) is 5.38. The molecule has 0 radical (unpaired) electrons. The molecule has 1 fully saturated rings. The summed E-state index contributed by atoms with van der Waals surface area (Å²) in [5.41, 5.74) is 5.84. The molecule has 1 saturated heterocycles. The zero-order valence-corrected chi connectivity index (χ0v) is 9.48. The van der Waals surface area contributed by atoms with E-state index in [-0.39, 0.29) is 0 Å². The van der Waals surface area contributed by atoms with E-state index in [0.717, 1.165) is 0 Å². The molecule has 0 spiro atoms. The van der Waals surface area contributed by atoms with Crippen LogP contribution in [-0.4, -0.2) is 42.1 Å². The van der Waals surface area contributed by atoms with Gasteiger partial charge in [0.05, 0.1) is 0 Å². The minimum absolute atomic E-state index is 0.473. The summed E-state index contributed by atoms with van der Waals surface area (Å²) in [6.07, 6.45) is 3.73. The molecule has 0 aromatic carbocycles. The number of hydrogen-bond acceptors (Lipinski definition) is 3. The van der Waals surface area contributed by atoms with E-state index in [1.54, 1.807) is 0 Å². The van der Waals surface area contributed by atoms with Gasteiger partial charge in [-0.15, -0.1) is 0 Å². The molecule has 0 unspecified atom stereocenters. The molecule has 0 aromatic heterocycles. The van der Waals surface area contributed by atoms with Crippen LogP contribution in [0.2, 0.25) is 0 Å². The third-order valence-electron chi connectivity index (χ3n) is 2.60. The molecule has 0 amide bonds. The van der Waals surface area contributed by atoms with Gasteiger partial charge in [-0.2, -0.15) is 11.8 Å². The normalized spacial score (nSPS) is 20.8. The van der Waals surface area contributed by atoms with E-state index in [0.29, 0.717) is 6.04 Å². The maximum Gasteiger partial charge on any atom is 0.00631 e. The molecule has 1 rings (SSSR count). The lowest BCUT2D eigenvalue weighted by molar-refractivity contribution is 0.214. The minimum atomic E-state index is 0.473. The van der Waals surface area contributed by atoms with E-state index in [9.17, 15) is 0 Å². The smallest absolute Gasteiger partial charge is 0.00631 e. The van der Waals surface area contributed by atoms with Gasteiger partial charge in [0.1, 0.15) is 0 Å². The van der Waals surface area contributed by atoms with Crippen LogP contribution in [0.5, 0.6) is 0 Å². The van der Waals surface area contributed by atoms with Gasteiger partial charge in [-0.3, -0.25) is 0 Å². The molecule has 0 bridgehead atoms. The van der Waals surface area contributed by atoms with Crippen molar-refractivity contribution in [2.24, 2.45) is 5.73 Å². The Morgan fingerprint density at radius 2 is 2.08 bits per heavy atom. The molecule has 1 heterocycles. The van der Waals surface area contributed by atoms with Crippen molar-refractivity contribution in [3.05, 3.63) is 0 Å². The van der Waals surface area contributed by atoms with Crippen LogP contribution < -0.4 is 5.73 Å². The molecular weight excluding hydrogens is 180 g/mol. The Kier molecular flexibility index (Phi) is 5.83. The number of piperidine rings is 1. The first kappa shape index (κ1) is 11.3. The van der Waals surface area contributed by atoms with Crippen LogP contribution >= 0.6 is 11.8 Å². The number of likely N-dealkylation sites (tertiary alicyclic amines) is 1. The van der Waals surface area contributed by atoms with Gasteiger partial charge in [0.2, 0.25) is 0 Å². The molecule has 78 valence electrons. The Labute approximate surface area is 86.2 Å². The maximum absolute atomic E-state index is 5.84. The van der Waals surface area contributed by atoms with Gasteiger partial charge in [0.25, 0.3) is 0 Å². The lowest BCUT2D eigenvalue weighted by atomic mass is 10.1. The highest BCUT2D eigenvalue weighted by Crippen LogP contribution is 2.09. The van der Waals surface area contributed by atoms with Gasteiger partial charge in [-0.25, -0.2) is 0 Å². The van der Waals surface area contributed by atoms with Crippen molar-refractivity contribution >= 4 is 11.8 Å². The molecular formula is C10H22N2S. The van der Waals surface area contributed by atoms with Gasteiger partial charge < -0.3 is 10.6 Å². The fraction of sp³-hybridized carbons (Fsp3) is 1.00. The lowest BCUT2D eigenvalue weighted by Crippen LogP contribution is -2.40. The van der Waals surface area contributed by atoms with E-state index in [4.69, 9.17) is 5.73 Å². The van der Waals surface area contributed by atoms with E-state index in [2.05, 4.69) is 11.8 Å². The topological polar surface area (TPSA) is 29.3 Å². The van der Waals surface area contributed by atoms with Crippen molar-refractivity contribution in [2.75, 3.05) is 31.1 Å². The van der Waals surface area contributed by atoms with E-state index in [1.807, 2.05) is 11.8 Å². The average molecular weight is 202 g/mol. The second-order valence-electron chi connectivity index (χ2n) is 3.73. The molecule has 2 nitrogen and oxygen atoms in total. The zero-order chi connectivity index (χ0) is 9.52. The molecule has 0 saturated carbocycles. The van der Waals surface area contributed by atoms with E-state index >= 15 is 0 Å². The van der Waals surface area contributed by atoms with Crippen molar-refractivity contribution in [3.63, 3.8) is 0 Å². The number of thioether (sulfide) groups is 1. The second kappa shape index (κ2) is 6.68. The Hall–Kier alpha value is 0.270. The van der Waals surface area contributed by atoms with Gasteiger partial charge in [-0.05, 0) is 50.4 Å². The van der Waals surface area contributed by atoms with Crippen LogP contribution in [-0.2, 0) is 0 Å². The summed E-state index contributed by atoms with van der Waals surface area (Å²) in [6, 6.07) is 0.473. The highest BCUT2D eigenvalue weighted by atomic mass is 32.2. The van der Waals surface area contributed by atoms with Crippen LogP contribution in [0.3, 0.4) is 0 Å². The largest absolute Gasteiger partial charge is 0.328 e. The second-order valence-corrected chi connectivity index (χ2v) is 5.12. The van der Waals surface area contributed by atoms with Crippen molar-refractivity contribution in [3.8, 4) is 0 Å². The van der Waals surface area contributed by atoms with Gasteiger partial charge >= 0.3 is 0 Å². The van der Waals surface area contributed by atoms with Crippen molar-refractivity contribution in [2.45, 2.75) is 32.2 Å². The van der Waals surface area contributed by atoms with Crippen LogP contribution in [0, 0.1) is 0 Å². The number of rotatable bonds is 5. The van der Waals surface area contributed by atoms with Crippen LogP contribution in [0.15, 0.2) is 0 Å². The maximum atomic E-state index is 5.84. The fourth-order valence-corrected chi connectivity index (χ4v) is 2.33. The SMILES string of the molecule is CCSCCCN1CCC(N)CC1. The van der Waals surface area contributed by atoms with E-state index < -0.39 is 0 Å². The summed E-state index contributed by atoms with van der Waals surface area (Å²) in [7, 11) is 0. The number of hydrogen-bond donors (Lipinski definition) is 1. The van der Waals surface area contributed by atoms with Crippen molar-refractivity contribution < 1.29 is 0 Å². The molecule has 1 aliphatic heterocycles. The summed E-state index contributed by atoms with van der Waals surface area (Å²) in [5, 5.41) is 0. The Morgan fingerprint density at radius 3 is 2.69 bits per heavy atom. The molecule has 1 aliphatic rings. The third kappa shape index (κ3) is 4.89. The third-order valence-corrected chi connectivity index (χ3v) is 3.58. The lowest BCUT2D eigenvalue weighted by Gasteiger charge is -2.29. The number of nitrogens with two attached hydrogens (primary N) is 1. The summed E-state index contributed by atoms with van der Waals surface area (Å²) in [4.78, 5) is 2.56. The predicted octanol–water partition coefficient (Wildman–Crippen LogP) is 1.55. The first-order chi connectivity index (χ1) is 6.33. The van der Waals surface area contributed by atoms with E-state index in [1.165, 1.54) is 50.4 Å². The van der Waals surface area contributed by atoms with Crippen LogP contribution in [0.1, 0.15) is 26.2 Å². The minimum Gasteiger partial charge on any atom is -0.328 e. The highest BCUT2D eigenvalue weighted by molar-refractivity contribution is 7.99. The fourth-order valence-electron chi connectivity index (χ4n) is 1.71. The van der Waals surface area contributed by atoms with Crippen molar-refractivity contribution in [1.29, 1.82) is 0 Å². The van der Waals surface area contributed by atoms with Crippen LogP contribution in [0.4, 0.5) is 0 Å². The Balaban J connectivity index is 1.96. The summed E-state index contributed by atoms with van der Waals surface area (Å²) < 4.78 is 0. The Morgan fingerprint density at radius 1 is 1.38 bits per heavy atom. The standard InChI is InChI=1S/C10H22N2S/c1-2-13-9-3-6-12-7-4-10(11)5-8-12/h10H,2-9,11H2,1H3. The molecule has 0 atom stereocenters. The first-order valence-corrected chi connectivity index (χ1v) is 6.54. The molecule has 13 heavy (non-hydrogen) atoms. The number of nitrogens with zero attached hydrogens (tertiary/aromatic N) is 1. The summed E-state index contributed by atoms with van der Waals surface area (Å²) in [6.45, 7) is 5.94. The molecule has 2 N–H and O–H groups in total.